The average Bonchev–Trinajstić information content (AvgIpc) is 2.44. The highest BCUT2D eigenvalue weighted by Crippen LogP contribution is 2.04. The van der Waals surface area contributed by atoms with Crippen LogP contribution < -0.4 is 21.7 Å². The molecule has 3 amide bonds. The molecule has 0 bridgehead atoms. The topological polar surface area (TPSA) is 96.2 Å². The molecular formula is C15H32N4O2S. The van der Waals surface area contributed by atoms with Gasteiger partial charge in [0.05, 0.1) is 0 Å². The van der Waals surface area contributed by atoms with E-state index in [1.807, 2.05) is 13.8 Å². The molecule has 5 N–H and O–H groups in total. The van der Waals surface area contributed by atoms with Crippen molar-refractivity contribution in [1.29, 1.82) is 0 Å². The summed E-state index contributed by atoms with van der Waals surface area (Å²) < 4.78 is 0. The SMILES string of the molecule is CC(C)C[C@H](NC(=O)NCCNCCCCCCS)C(N)=O. The van der Waals surface area contributed by atoms with Crippen molar-refractivity contribution in [2.45, 2.75) is 52.0 Å². The molecule has 0 aromatic carbocycles. The van der Waals surface area contributed by atoms with Gasteiger partial charge in [-0.1, -0.05) is 26.7 Å². The van der Waals surface area contributed by atoms with Crippen LogP contribution in [0.5, 0.6) is 0 Å². The molecule has 6 nitrogen and oxygen atoms in total. The van der Waals surface area contributed by atoms with Gasteiger partial charge in [0, 0.05) is 13.1 Å². The number of nitrogens with one attached hydrogen (secondary N) is 3. The number of nitrogens with two attached hydrogens (primary N) is 1. The molecule has 7 heteroatoms. The summed E-state index contributed by atoms with van der Waals surface area (Å²) in [6.45, 7) is 6.15. The summed E-state index contributed by atoms with van der Waals surface area (Å²) in [7, 11) is 0. The minimum atomic E-state index is -0.611. The Balaban J connectivity index is 3.61. The Morgan fingerprint density at radius 1 is 1.05 bits per heavy atom. The molecule has 0 fully saturated rings. The number of unbranched alkanes of at least 4 members (excludes halogenated alkanes) is 3. The zero-order chi connectivity index (χ0) is 16.8. The van der Waals surface area contributed by atoms with Crippen LogP contribution in [0.25, 0.3) is 0 Å². The molecule has 0 saturated carbocycles. The van der Waals surface area contributed by atoms with E-state index in [0.717, 1.165) is 18.7 Å². The first-order chi connectivity index (χ1) is 10.5. The smallest absolute Gasteiger partial charge is 0.315 e. The minimum absolute atomic E-state index is 0.294. The number of amides is 3. The number of hydrogen-bond donors (Lipinski definition) is 5. The van der Waals surface area contributed by atoms with Crippen molar-refractivity contribution in [3.05, 3.63) is 0 Å². The van der Waals surface area contributed by atoms with Gasteiger partial charge < -0.3 is 21.7 Å². The van der Waals surface area contributed by atoms with Gasteiger partial charge in [-0.25, -0.2) is 4.79 Å². The van der Waals surface area contributed by atoms with Crippen molar-refractivity contribution in [2.75, 3.05) is 25.4 Å². The highest BCUT2D eigenvalue weighted by atomic mass is 32.1. The lowest BCUT2D eigenvalue weighted by Gasteiger charge is -2.17. The predicted octanol–water partition coefficient (Wildman–Crippen LogP) is 1.27. The van der Waals surface area contributed by atoms with Crippen molar-refractivity contribution in [1.82, 2.24) is 16.0 Å². The van der Waals surface area contributed by atoms with Crippen LogP contribution in [0.15, 0.2) is 0 Å². The number of urea groups is 1. The third kappa shape index (κ3) is 12.8. The summed E-state index contributed by atoms with van der Waals surface area (Å²) in [5.74, 6) is 0.750. The van der Waals surface area contributed by atoms with Gasteiger partial charge in [0.25, 0.3) is 0 Å². The fourth-order valence-electron chi connectivity index (χ4n) is 2.03. The first kappa shape index (κ1) is 21.0. The molecule has 0 saturated heterocycles. The number of thiol groups is 1. The average molecular weight is 333 g/mol. The molecule has 0 aliphatic carbocycles. The Bertz CT molecular complexity index is 314. The van der Waals surface area contributed by atoms with Gasteiger partial charge in [0.2, 0.25) is 5.91 Å². The second kappa shape index (κ2) is 13.7. The summed E-state index contributed by atoms with van der Waals surface area (Å²) in [6.07, 6.45) is 5.28. The van der Waals surface area contributed by atoms with Crippen LogP contribution in [-0.2, 0) is 4.79 Å². The maximum absolute atomic E-state index is 11.7. The lowest BCUT2D eigenvalue weighted by atomic mass is 10.0. The van der Waals surface area contributed by atoms with E-state index >= 15 is 0 Å². The van der Waals surface area contributed by atoms with Gasteiger partial charge in [-0.2, -0.15) is 12.6 Å². The third-order valence-electron chi connectivity index (χ3n) is 3.20. The van der Waals surface area contributed by atoms with E-state index in [-0.39, 0.29) is 6.03 Å². The van der Waals surface area contributed by atoms with E-state index in [1.165, 1.54) is 19.3 Å². The molecule has 0 aliphatic rings. The molecule has 130 valence electrons. The highest BCUT2D eigenvalue weighted by molar-refractivity contribution is 7.80. The molecular weight excluding hydrogens is 300 g/mol. The molecule has 0 aromatic heterocycles. The minimum Gasteiger partial charge on any atom is -0.368 e. The van der Waals surface area contributed by atoms with Crippen molar-refractivity contribution < 1.29 is 9.59 Å². The van der Waals surface area contributed by atoms with E-state index in [4.69, 9.17) is 5.73 Å². The second-order valence-electron chi connectivity index (χ2n) is 5.87. The zero-order valence-corrected chi connectivity index (χ0v) is 14.8. The molecule has 0 unspecified atom stereocenters. The van der Waals surface area contributed by atoms with E-state index < -0.39 is 11.9 Å². The van der Waals surface area contributed by atoms with Gasteiger partial charge in [-0.05, 0) is 37.5 Å². The lowest BCUT2D eigenvalue weighted by Crippen LogP contribution is -2.49. The normalized spacial score (nSPS) is 12.2. The highest BCUT2D eigenvalue weighted by Gasteiger charge is 2.18. The molecule has 0 aliphatic heterocycles. The molecule has 0 spiro atoms. The number of hydrogen-bond acceptors (Lipinski definition) is 4. The van der Waals surface area contributed by atoms with Crippen LogP contribution in [0.1, 0.15) is 46.0 Å². The van der Waals surface area contributed by atoms with Crippen molar-refractivity contribution in [3.63, 3.8) is 0 Å². The van der Waals surface area contributed by atoms with Crippen LogP contribution in [0.3, 0.4) is 0 Å². The molecule has 0 rings (SSSR count). The van der Waals surface area contributed by atoms with E-state index in [2.05, 4.69) is 28.6 Å². The van der Waals surface area contributed by atoms with Crippen molar-refractivity contribution in [2.24, 2.45) is 11.7 Å². The standard InChI is InChI=1S/C15H32N4O2S/c1-12(2)11-13(14(16)20)19-15(21)18-9-8-17-7-5-3-4-6-10-22/h12-13,17,22H,3-11H2,1-2H3,(H2,16,20)(H2,18,19,21)/t13-/m0/s1. The Morgan fingerprint density at radius 3 is 2.32 bits per heavy atom. The van der Waals surface area contributed by atoms with Crippen molar-refractivity contribution in [3.8, 4) is 0 Å². The number of primary amides is 1. The second-order valence-corrected chi connectivity index (χ2v) is 6.32. The van der Waals surface area contributed by atoms with Crippen molar-refractivity contribution >= 4 is 24.6 Å². The first-order valence-electron chi connectivity index (χ1n) is 8.12. The van der Waals surface area contributed by atoms with Gasteiger partial charge >= 0.3 is 6.03 Å². The monoisotopic (exact) mass is 332 g/mol. The van der Waals surface area contributed by atoms with Crippen LogP contribution in [0.2, 0.25) is 0 Å². The quantitative estimate of drug-likeness (QED) is 0.259. The summed E-state index contributed by atoms with van der Waals surface area (Å²) in [5, 5.41) is 8.61. The predicted molar refractivity (Wildman–Crippen MR) is 94.2 cm³/mol. The largest absolute Gasteiger partial charge is 0.368 e. The lowest BCUT2D eigenvalue weighted by molar-refractivity contribution is -0.120. The van der Waals surface area contributed by atoms with E-state index in [1.54, 1.807) is 0 Å². The molecule has 1 atom stereocenters. The Hall–Kier alpha value is -0.950. The Labute approximate surface area is 139 Å². The maximum Gasteiger partial charge on any atom is 0.315 e. The van der Waals surface area contributed by atoms with Gasteiger partial charge in [0.15, 0.2) is 0 Å². The van der Waals surface area contributed by atoms with Crippen LogP contribution in [0, 0.1) is 5.92 Å². The van der Waals surface area contributed by atoms with Crippen LogP contribution in [0.4, 0.5) is 4.79 Å². The van der Waals surface area contributed by atoms with Crippen LogP contribution >= 0.6 is 12.6 Å². The number of carbonyl (C=O) groups excluding carboxylic acids is 2. The van der Waals surface area contributed by atoms with E-state index in [9.17, 15) is 9.59 Å². The van der Waals surface area contributed by atoms with Crippen LogP contribution in [-0.4, -0.2) is 43.4 Å². The van der Waals surface area contributed by atoms with Gasteiger partial charge in [0.1, 0.15) is 6.04 Å². The fourth-order valence-corrected chi connectivity index (χ4v) is 2.26. The van der Waals surface area contributed by atoms with Gasteiger partial charge in [-0.3, -0.25) is 4.79 Å². The number of rotatable bonds is 13. The Kier molecular flexibility index (Phi) is 13.1. The maximum atomic E-state index is 11.7. The zero-order valence-electron chi connectivity index (χ0n) is 13.9. The molecule has 0 radical (unpaired) electrons. The number of carbonyl (C=O) groups is 2. The van der Waals surface area contributed by atoms with Gasteiger partial charge in [-0.15, -0.1) is 0 Å². The summed E-state index contributed by atoms with van der Waals surface area (Å²) in [4.78, 5) is 22.9. The third-order valence-corrected chi connectivity index (χ3v) is 3.52. The molecule has 0 heterocycles. The summed E-state index contributed by atoms with van der Waals surface area (Å²) >= 11 is 4.17. The molecule has 0 aromatic rings. The summed E-state index contributed by atoms with van der Waals surface area (Å²) in [6, 6.07) is -0.959. The van der Waals surface area contributed by atoms with E-state index in [0.29, 0.717) is 25.4 Å². The Morgan fingerprint density at radius 2 is 1.73 bits per heavy atom. The fraction of sp³-hybridized carbons (Fsp3) is 0.867. The summed E-state index contributed by atoms with van der Waals surface area (Å²) in [5.41, 5.74) is 5.28. The molecule has 22 heavy (non-hydrogen) atoms. The first-order valence-corrected chi connectivity index (χ1v) is 8.75.